The molecular formula is C25H30O12. The van der Waals surface area contributed by atoms with Gasteiger partial charge < -0.3 is 39.7 Å². The SMILES string of the molecule is C=C(CC[C@@]12C[C@@H](O)[C@@](C(=O)O)(O1)[C@](O)(C(=O)O)[C@@H](C(=O)O)O2)C(OC(C)=O)C(C)Cc1ccccc1. The summed E-state index contributed by atoms with van der Waals surface area (Å²) in [5.41, 5.74) is -5.48. The number of carboxylic acid groups (broad SMARTS) is 3. The third-order valence-corrected chi connectivity index (χ3v) is 6.91. The molecule has 12 heteroatoms. The number of aliphatic hydroxyl groups excluding tert-OH is 1. The molecule has 2 bridgehead atoms. The van der Waals surface area contributed by atoms with Crippen LogP contribution >= 0.6 is 0 Å². The van der Waals surface area contributed by atoms with Gasteiger partial charge in [-0.05, 0) is 24.0 Å². The summed E-state index contributed by atoms with van der Waals surface area (Å²) < 4.78 is 16.3. The number of aliphatic hydroxyl groups is 2. The summed E-state index contributed by atoms with van der Waals surface area (Å²) in [4.78, 5) is 47.8. The lowest BCUT2D eigenvalue weighted by molar-refractivity contribution is -0.365. The van der Waals surface area contributed by atoms with Gasteiger partial charge in [-0.15, -0.1) is 0 Å². The van der Waals surface area contributed by atoms with Crippen molar-refractivity contribution in [2.45, 2.75) is 74.8 Å². The van der Waals surface area contributed by atoms with Crippen LogP contribution in [0.4, 0.5) is 0 Å². The molecule has 0 aromatic heterocycles. The Hall–Kier alpha value is -3.32. The Balaban J connectivity index is 1.87. The van der Waals surface area contributed by atoms with E-state index in [0.29, 0.717) is 12.0 Å². The van der Waals surface area contributed by atoms with Crippen molar-refractivity contribution >= 4 is 23.9 Å². The Bertz CT molecular complexity index is 1090. The number of rotatable bonds is 11. The zero-order valence-electron chi connectivity index (χ0n) is 20.3. The quantitative estimate of drug-likeness (QED) is 0.202. The predicted molar refractivity (Wildman–Crippen MR) is 123 cm³/mol. The average molecular weight is 523 g/mol. The molecule has 5 N–H and O–H groups in total. The Kier molecular flexibility index (Phi) is 7.80. The minimum Gasteiger partial charge on any atom is -0.479 e. The number of benzene rings is 1. The molecule has 3 rings (SSSR count). The molecule has 12 nitrogen and oxygen atoms in total. The van der Waals surface area contributed by atoms with Crippen LogP contribution in [-0.2, 0) is 39.8 Å². The normalized spacial score (nSPS) is 32.2. The number of ether oxygens (including phenoxy) is 3. The standard InChI is InChI=1S/C25H30O12/c1-13(18(35-15(3)26)14(2)11-16-7-5-4-6-8-16)9-10-23-12-17(27)25(37-23,22(32)33)24(34,21(30)31)19(36-23)20(28)29/h4-8,14,17-19,27,34H,1,9-12H2,2-3H3,(H,28,29)(H,30,31)(H,32,33)/t14?,17-,18?,19-,23+,24-,25+/m1/s1. The van der Waals surface area contributed by atoms with Crippen LogP contribution in [0.1, 0.15) is 38.7 Å². The van der Waals surface area contributed by atoms with E-state index >= 15 is 0 Å². The first-order valence-corrected chi connectivity index (χ1v) is 11.6. The van der Waals surface area contributed by atoms with Gasteiger partial charge in [-0.2, -0.15) is 0 Å². The summed E-state index contributed by atoms with van der Waals surface area (Å²) in [6.45, 7) is 7.07. The lowest BCUT2D eigenvalue weighted by atomic mass is 9.75. The molecule has 2 saturated heterocycles. The summed E-state index contributed by atoms with van der Waals surface area (Å²) in [5, 5.41) is 50.5. The first-order valence-electron chi connectivity index (χ1n) is 11.6. The molecule has 0 aliphatic carbocycles. The highest BCUT2D eigenvalue weighted by atomic mass is 16.8. The summed E-state index contributed by atoms with van der Waals surface area (Å²) in [6.07, 6.45) is -5.87. The molecule has 0 radical (unpaired) electrons. The second kappa shape index (κ2) is 10.2. The number of aliphatic carboxylic acids is 3. The molecule has 2 fully saturated rings. The number of carbonyl (C=O) groups excluding carboxylic acids is 1. The lowest BCUT2D eigenvalue weighted by Gasteiger charge is -2.48. The summed E-state index contributed by atoms with van der Waals surface area (Å²) >= 11 is 0. The maximum absolute atomic E-state index is 12.2. The van der Waals surface area contributed by atoms with Crippen molar-refractivity contribution in [3.8, 4) is 0 Å². The zero-order valence-corrected chi connectivity index (χ0v) is 20.3. The maximum atomic E-state index is 12.2. The van der Waals surface area contributed by atoms with Gasteiger partial charge >= 0.3 is 23.9 Å². The monoisotopic (exact) mass is 522 g/mol. The van der Waals surface area contributed by atoms with Crippen molar-refractivity contribution in [2.24, 2.45) is 5.92 Å². The van der Waals surface area contributed by atoms with Crippen LogP contribution in [0.15, 0.2) is 42.5 Å². The highest BCUT2D eigenvalue weighted by molar-refractivity contribution is 5.97. The Labute approximate surface area is 212 Å². The molecule has 0 saturated carbocycles. The van der Waals surface area contributed by atoms with Gasteiger partial charge in [-0.25, -0.2) is 14.4 Å². The molecule has 1 aromatic carbocycles. The molecule has 2 aliphatic heterocycles. The number of carboxylic acids is 3. The van der Waals surface area contributed by atoms with E-state index in [9.17, 15) is 44.7 Å². The topological polar surface area (TPSA) is 197 Å². The van der Waals surface area contributed by atoms with Crippen LogP contribution < -0.4 is 0 Å². The smallest absolute Gasteiger partial charge is 0.343 e. The third-order valence-electron chi connectivity index (χ3n) is 6.91. The van der Waals surface area contributed by atoms with Crippen molar-refractivity contribution < 1.29 is 58.9 Å². The average Bonchev–Trinajstić information content (AvgIpc) is 3.09. The van der Waals surface area contributed by atoms with Crippen LogP contribution in [0.2, 0.25) is 0 Å². The number of hydrogen-bond acceptors (Lipinski definition) is 9. The second-order valence-corrected chi connectivity index (χ2v) is 9.54. The van der Waals surface area contributed by atoms with E-state index in [1.54, 1.807) is 0 Å². The van der Waals surface area contributed by atoms with Gasteiger partial charge in [-0.3, -0.25) is 4.79 Å². The number of fused-ring (bicyclic) bond motifs is 2. The van der Waals surface area contributed by atoms with E-state index in [1.165, 1.54) is 6.92 Å². The second-order valence-electron chi connectivity index (χ2n) is 9.54. The number of hydrogen-bond donors (Lipinski definition) is 5. The van der Waals surface area contributed by atoms with E-state index in [2.05, 4.69) is 6.58 Å². The third kappa shape index (κ3) is 4.85. The van der Waals surface area contributed by atoms with Gasteiger partial charge in [0, 0.05) is 25.7 Å². The van der Waals surface area contributed by atoms with Gasteiger partial charge in [0.15, 0.2) is 5.79 Å². The summed E-state index contributed by atoms with van der Waals surface area (Å²) in [5.74, 6) is -9.13. The van der Waals surface area contributed by atoms with E-state index in [1.807, 2.05) is 37.3 Å². The van der Waals surface area contributed by atoms with E-state index in [0.717, 1.165) is 5.56 Å². The summed E-state index contributed by atoms with van der Waals surface area (Å²) in [6, 6.07) is 9.42. The molecule has 2 aliphatic rings. The number of esters is 1. The first-order chi connectivity index (χ1) is 17.2. The fraction of sp³-hybridized carbons (Fsp3) is 0.520. The minimum absolute atomic E-state index is 0.0304. The van der Waals surface area contributed by atoms with Crippen LogP contribution in [-0.4, -0.2) is 84.7 Å². The Morgan fingerprint density at radius 2 is 1.76 bits per heavy atom. The van der Waals surface area contributed by atoms with Crippen molar-refractivity contribution in [3.05, 3.63) is 48.0 Å². The Morgan fingerprint density at radius 3 is 2.27 bits per heavy atom. The predicted octanol–water partition coefficient (Wildman–Crippen LogP) is 0.733. The highest BCUT2D eigenvalue weighted by Crippen LogP contribution is 2.54. The molecule has 202 valence electrons. The van der Waals surface area contributed by atoms with Gasteiger partial charge in [0.1, 0.15) is 12.2 Å². The van der Waals surface area contributed by atoms with Crippen molar-refractivity contribution in [3.63, 3.8) is 0 Å². The van der Waals surface area contributed by atoms with Gasteiger partial charge in [0.2, 0.25) is 17.3 Å². The molecule has 7 atom stereocenters. The van der Waals surface area contributed by atoms with Crippen molar-refractivity contribution in [1.82, 2.24) is 0 Å². The highest BCUT2D eigenvalue weighted by Gasteiger charge is 2.81. The molecule has 1 aromatic rings. The fourth-order valence-electron chi connectivity index (χ4n) is 5.17. The van der Waals surface area contributed by atoms with Gasteiger partial charge in [-0.1, -0.05) is 43.8 Å². The van der Waals surface area contributed by atoms with Gasteiger partial charge in [0.25, 0.3) is 0 Å². The lowest BCUT2D eigenvalue weighted by Crippen LogP contribution is -2.77. The van der Waals surface area contributed by atoms with Crippen LogP contribution in [0.5, 0.6) is 0 Å². The largest absolute Gasteiger partial charge is 0.479 e. The van der Waals surface area contributed by atoms with E-state index < -0.39 is 65.6 Å². The van der Waals surface area contributed by atoms with Crippen molar-refractivity contribution in [2.75, 3.05) is 0 Å². The molecule has 2 heterocycles. The summed E-state index contributed by atoms with van der Waals surface area (Å²) in [7, 11) is 0. The molecule has 2 unspecified atom stereocenters. The molecular weight excluding hydrogens is 492 g/mol. The molecule has 0 spiro atoms. The first kappa shape index (κ1) is 28.3. The Morgan fingerprint density at radius 1 is 1.14 bits per heavy atom. The minimum atomic E-state index is -3.63. The van der Waals surface area contributed by atoms with E-state index in [-0.39, 0.29) is 18.8 Å². The van der Waals surface area contributed by atoms with Crippen LogP contribution in [0.25, 0.3) is 0 Å². The molecule has 0 amide bonds. The zero-order chi connectivity index (χ0) is 27.8. The van der Waals surface area contributed by atoms with Crippen molar-refractivity contribution in [1.29, 1.82) is 0 Å². The van der Waals surface area contributed by atoms with Crippen LogP contribution in [0.3, 0.4) is 0 Å². The van der Waals surface area contributed by atoms with Gasteiger partial charge in [0.05, 0.1) is 0 Å². The van der Waals surface area contributed by atoms with Crippen LogP contribution in [0, 0.1) is 5.92 Å². The van der Waals surface area contributed by atoms with E-state index in [4.69, 9.17) is 14.2 Å². The maximum Gasteiger partial charge on any atom is 0.343 e. The number of carbonyl (C=O) groups is 4. The fourth-order valence-corrected chi connectivity index (χ4v) is 5.17. The molecule has 37 heavy (non-hydrogen) atoms.